The van der Waals surface area contributed by atoms with E-state index in [-0.39, 0.29) is 30.6 Å². The molecule has 1 saturated heterocycles. The molecule has 0 aromatic heterocycles. The number of methoxy groups -OCH3 is 1. The minimum atomic E-state index is -1.76. The summed E-state index contributed by atoms with van der Waals surface area (Å²) >= 11 is 0. The molecular formula is C27H28N2O6. The van der Waals surface area contributed by atoms with Gasteiger partial charge in [0.05, 0.1) is 17.9 Å². The van der Waals surface area contributed by atoms with Crippen molar-refractivity contribution in [1.29, 1.82) is 0 Å². The van der Waals surface area contributed by atoms with E-state index in [4.69, 9.17) is 9.47 Å². The fourth-order valence-electron chi connectivity index (χ4n) is 5.51. The Kier molecular flexibility index (Phi) is 5.63. The topological polar surface area (TPSA) is 96.4 Å². The van der Waals surface area contributed by atoms with E-state index in [1.807, 2.05) is 26.0 Å². The lowest BCUT2D eigenvalue weighted by Gasteiger charge is -2.34. The number of aliphatic hydroxyl groups excluding tert-OH is 1. The van der Waals surface area contributed by atoms with Gasteiger partial charge in [-0.2, -0.15) is 0 Å². The van der Waals surface area contributed by atoms with E-state index in [0.717, 1.165) is 11.3 Å². The highest BCUT2D eigenvalue weighted by Crippen LogP contribution is 2.53. The zero-order valence-electron chi connectivity index (χ0n) is 20.0. The van der Waals surface area contributed by atoms with Gasteiger partial charge >= 0.3 is 0 Å². The first-order valence-electron chi connectivity index (χ1n) is 11.9. The van der Waals surface area contributed by atoms with Gasteiger partial charge in [-0.05, 0) is 43.2 Å². The standard InChI is InChI=1S/C27H28N2O6/c1-4-11-28-20-8-6-5-7-19(20)27(26(28)33)22(24(31)25(32)29(27)12-13-34-3)23(30)17-9-10-21-18(15-17)14-16(2)35-21/h5-10,15-16,30H,4,11-14H2,1-3H3/t16-,27+/m1/s1. The van der Waals surface area contributed by atoms with Crippen LogP contribution in [0.1, 0.15) is 37.0 Å². The molecule has 0 bridgehead atoms. The molecule has 1 N–H and O–H groups in total. The second kappa shape index (κ2) is 8.53. The number of nitrogens with zero attached hydrogens (tertiary/aromatic N) is 2. The Morgan fingerprint density at radius 3 is 2.69 bits per heavy atom. The Labute approximate surface area is 203 Å². The van der Waals surface area contributed by atoms with E-state index in [0.29, 0.717) is 36.2 Å². The number of hydrogen-bond donors (Lipinski definition) is 1. The smallest absolute Gasteiger partial charge is 0.296 e. The Morgan fingerprint density at radius 2 is 1.94 bits per heavy atom. The van der Waals surface area contributed by atoms with E-state index < -0.39 is 23.1 Å². The molecule has 1 spiro atoms. The summed E-state index contributed by atoms with van der Waals surface area (Å²) in [6, 6.07) is 12.3. The lowest BCUT2D eigenvalue weighted by molar-refractivity contribution is -0.144. The molecule has 8 nitrogen and oxygen atoms in total. The van der Waals surface area contributed by atoms with Crippen molar-refractivity contribution >= 4 is 29.0 Å². The van der Waals surface area contributed by atoms with Gasteiger partial charge in [0, 0.05) is 37.7 Å². The number of para-hydroxylation sites is 1. The molecule has 3 heterocycles. The van der Waals surface area contributed by atoms with E-state index in [1.165, 1.54) is 12.0 Å². The van der Waals surface area contributed by atoms with Crippen LogP contribution in [0.25, 0.3) is 5.76 Å². The van der Waals surface area contributed by atoms with Crippen molar-refractivity contribution in [1.82, 2.24) is 4.90 Å². The Balaban J connectivity index is 1.77. The zero-order valence-corrected chi connectivity index (χ0v) is 20.0. The maximum Gasteiger partial charge on any atom is 0.296 e. The summed E-state index contributed by atoms with van der Waals surface area (Å²) < 4.78 is 11.0. The molecule has 0 radical (unpaired) electrons. The zero-order chi connectivity index (χ0) is 24.9. The van der Waals surface area contributed by atoms with Crippen molar-refractivity contribution in [3.8, 4) is 5.75 Å². The monoisotopic (exact) mass is 476 g/mol. The molecular weight excluding hydrogens is 448 g/mol. The summed E-state index contributed by atoms with van der Waals surface area (Å²) in [6.45, 7) is 4.48. The molecule has 5 rings (SSSR count). The fourth-order valence-corrected chi connectivity index (χ4v) is 5.51. The van der Waals surface area contributed by atoms with Crippen molar-refractivity contribution in [2.24, 2.45) is 0 Å². The van der Waals surface area contributed by atoms with Crippen LogP contribution in [-0.4, -0.2) is 60.5 Å². The van der Waals surface area contributed by atoms with Crippen LogP contribution in [0.3, 0.4) is 0 Å². The van der Waals surface area contributed by atoms with Gasteiger partial charge in [-0.1, -0.05) is 25.1 Å². The summed E-state index contributed by atoms with van der Waals surface area (Å²) in [7, 11) is 1.49. The predicted octanol–water partition coefficient (Wildman–Crippen LogP) is 2.99. The van der Waals surface area contributed by atoms with E-state index in [9.17, 15) is 19.5 Å². The third kappa shape index (κ3) is 3.20. The lowest BCUT2D eigenvalue weighted by Crippen LogP contribution is -2.52. The van der Waals surface area contributed by atoms with E-state index in [1.54, 1.807) is 35.2 Å². The van der Waals surface area contributed by atoms with E-state index >= 15 is 0 Å². The van der Waals surface area contributed by atoms with Crippen LogP contribution in [-0.2, 0) is 31.1 Å². The molecule has 2 atom stereocenters. The van der Waals surface area contributed by atoms with Crippen molar-refractivity contribution in [2.45, 2.75) is 38.3 Å². The summed E-state index contributed by atoms with van der Waals surface area (Å²) in [6.07, 6.45) is 1.35. The fraction of sp³-hybridized carbons (Fsp3) is 0.370. The molecule has 2 aromatic carbocycles. The molecule has 0 aliphatic carbocycles. The number of aliphatic hydroxyl groups is 1. The van der Waals surface area contributed by atoms with Crippen LogP contribution >= 0.6 is 0 Å². The molecule has 8 heteroatoms. The van der Waals surface area contributed by atoms with Crippen LogP contribution in [0.5, 0.6) is 5.75 Å². The highest BCUT2D eigenvalue weighted by Gasteiger charge is 2.66. The minimum Gasteiger partial charge on any atom is -0.507 e. The normalized spacial score (nSPS) is 24.3. The van der Waals surface area contributed by atoms with Gasteiger partial charge in [-0.25, -0.2) is 0 Å². The summed E-state index contributed by atoms with van der Waals surface area (Å²) in [5.74, 6) is -1.78. The maximum absolute atomic E-state index is 14.2. The van der Waals surface area contributed by atoms with Gasteiger partial charge in [0.2, 0.25) is 0 Å². The molecule has 0 unspecified atom stereocenters. The van der Waals surface area contributed by atoms with Gasteiger partial charge in [-0.3, -0.25) is 14.4 Å². The van der Waals surface area contributed by atoms with Gasteiger partial charge in [-0.15, -0.1) is 0 Å². The maximum atomic E-state index is 14.2. The molecule has 2 amide bonds. The largest absolute Gasteiger partial charge is 0.507 e. The molecule has 182 valence electrons. The van der Waals surface area contributed by atoms with Gasteiger partial charge in [0.15, 0.2) is 5.54 Å². The Morgan fingerprint density at radius 1 is 1.17 bits per heavy atom. The Hall–Kier alpha value is -3.65. The highest BCUT2D eigenvalue weighted by molar-refractivity contribution is 6.50. The summed E-state index contributed by atoms with van der Waals surface area (Å²) in [4.78, 5) is 43.9. The number of ketones is 1. The number of hydrogen-bond acceptors (Lipinski definition) is 6. The number of ether oxygens (including phenoxy) is 2. The first kappa shape index (κ1) is 23.1. The molecule has 3 aliphatic heterocycles. The molecule has 3 aliphatic rings. The highest BCUT2D eigenvalue weighted by atomic mass is 16.5. The van der Waals surface area contributed by atoms with E-state index in [2.05, 4.69) is 0 Å². The van der Waals surface area contributed by atoms with Gasteiger partial charge in [0.1, 0.15) is 17.6 Å². The molecule has 35 heavy (non-hydrogen) atoms. The first-order valence-corrected chi connectivity index (χ1v) is 11.9. The van der Waals surface area contributed by atoms with Crippen molar-refractivity contribution in [3.63, 3.8) is 0 Å². The molecule has 1 fully saturated rings. The van der Waals surface area contributed by atoms with Crippen molar-refractivity contribution in [2.75, 3.05) is 31.7 Å². The minimum absolute atomic E-state index is 0.00602. The summed E-state index contributed by atoms with van der Waals surface area (Å²) in [5.41, 5.74) is 0.436. The second-order valence-corrected chi connectivity index (χ2v) is 9.14. The van der Waals surface area contributed by atoms with Gasteiger partial charge in [0.25, 0.3) is 17.6 Å². The summed E-state index contributed by atoms with van der Waals surface area (Å²) in [5, 5.41) is 11.6. The first-order chi connectivity index (χ1) is 16.9. The average Bonchev–Trinajstić information content (AvgIpc) is 3.42. The number of rotatable bonds is 6. The number of amides is 2. The number of carbonyl (C=O) groups is 3. The number of Topliss-reactive ketones (excluding diaryl/α,β-unsaturated/α-hetero) is 1. The van der Waals surface area contributed by atoms with Crippen LogP contribution in [0, 0.1) is 0 Å². The lowest BCUT2D eigenvalue weighted by atomic mass is 9.81. The molecule has 2 aromatic rings. The van der Waals surface area contributed by atoms with Gasteiger partial charge < -0.3 is 24.4 Å². The van der Waals surface area contributed by atoms with Crippen molar-refractivity contribution < 1.29 is 29.0 Å². The average molecular weight is 477 g/mol. The van der Waals surface area contributed by atoms with Crippen LogP contribution < -0.4 is 9.64 Å². The van der Waals surface area contributed by atoms with Crippen LogP contribution in [0.2, 0.25) is 0 Å². The van der Waals surface area contributed by atoms with Crippen LogP contribution in [0.15, 0.2) is 48.0 Å². The second-order valence-electron chi connectivity index (χ2n) is 9.14. The number of anilines is 1. The third-order valence-electron chi connectivity index (χ3n) is 6.94. The SMILES string of the molecule is CCCN1C(=O)[C@@]2(C(=C(O)c3ccc4c(c3)C[C@@H](C)O4)C(=O)C(=O)N2CCOC)c2ccccc21. The van der Waals surface area contributed by atoms with Crippen LogP contribution in [0.4, 0.5) is 5.69 Å². The quantitative estimate of drug-likeness (QED) is 0.391. The number of fused-ring (bicyclic) bond motifs is 3. The predicted molar refractivity (Wildman–Crippen MR) is 129 cm³/mol. The molecule has 0 saturated carbocycles. The number of carbonyl (C=O) groups excluding carboxylic acids is 3. The third-order valence-corrected chi connectivity index (χ3v) is 6.94. The number of likely N-dealkylation sites (tertiary alicyclic amines) is 1. The van der Waals surface area contributed by atoms with Crippen molar-refractivity contribution in [3.05, 3.63) is 64.7 Å². The number of benzene rings is 2. The Bertz CT molecular complexity index is 1270.